The highest BCUT2D eigenvalue weighted by atomic mass is 32.2. The van der Waals surface area contributed by atoms with Crippen LogP contribution in [0.3, 0.4) is 0 Å². The Balaban J connectivity index is 1.32. The summed E-state index contributed by atoms with van der Waals surface area (Å²) >= 11 is 3.30. The second kappa shape index (κ2) is 9.92. The van der Waals surface area contributed by atoms with Gasteiger partial charge >= 0.3 is 0 Å². The number of benzene rings is 2. The Labute approximate surface area is 224 Å². The van der Waals surface area contributed by atoms with Crippen molar-refractivity contribution in [3.8, 4) is 10.6 Å². The van der Waals surface area contributed by atoms with Crippen molar-refractivity contribution in [2.24, 2.45) is 0 Å². The van der Waals surface area contributed by atoms with Crippen molar-refractivity contribution in [2.45, 2.75) is 37.6 Å². The number of sulfonamides is 1. The number of thiophene rings is 1. The minimum Gasteiger partial charge on any atom is -0.330 e. The lowest BCUT2D eigenvalue weighted by Gasteiger charge is -2.22. The lowest BCUT2D eigenvalue weighted by Crippen LogP contribution is -3.11. The molecule has 2 N–H and O–H groups in total. The number of nitrogens with zero attached hydrogens (tertiary/aromatic N) is 2. The number of rotatable bonds is 6. The van der Waals surface area contributed by atoms with Gasteiger partial charge < -0.3 is 10.2 Å². The van der Waals surface area contributed by atoms with E-state index >= 15 is 0 Å². The number of fused-ring (bicyclic) bond motifs is 2. The average Bonchev–Trinajstić information content (AvgIpc) is 3.66. The van der Waals surface area contributed by atoms with Crippen molar-refractivity contribution < 1.29 is 18.1 Å². The maximum Gasteiger partial charge on any atom is 0.256 e. The van der Waals surface area contributed by atoms with Crippen LogP contribution in [0.5, 0.6) is 0 Å². The van der Waals surface area contributed by atoms with Gasteiger partial charge in [-0.3, -0.25) is 4.79 Å². The van der Waals surface area contributed by atoms with Gasteiger partial charge in [-0.15, -0.1) is 22.7 Å². The molecule has 2 aromatic heterocycles. The van der Waals surface area contributed by atoms with Gasteiger partial charge in [-0.05, 0) is 61.7 Å². The van der Waals surface area contributed by atoms with E-state index in [-0.39, 0.29) is 10.8 Å². The van der Waals surface area contributed by atoms with Gasteiger partial charge in [0.1, 0.15) is 16.6 Å². The summed E-state index contributed by atoms with van der Waals surface area (Å²) in [6.45, 7) is 6.41. The molecule has 4 heterocycles. The van der Waals surface area contributed by atoms with Crippen molar-refractivity contribution in [1.29, 1.82) is 0 Å². The van der Waals surface area contributed by atoms with Crippen LogP contribution in [0.25, 0.3) is 20.8 Å². The molecule has 10 heteroatoms. The van der Waals surface area contributed by atoms with Gasteiger partial charge in [-0.2, -0.15) is 4.31 Å². The fraction of sp³-hybridized carbons (Fsp3) is 0.333. The Morgan fingerprint density at radius 1 is 1.08 bits per heavy atom. The SMILES string of the molecule is CC[NH+]1CCc2c(sc(NC(=O)c3ccc(S(=O)(=O)N4CCCC4)cc3)c2-c2nc3ccccc3s2)C1. The zero-order valence-corrected chi connectivity index (χ0v) is 23.1. The Bertz CT molecular complexity index is 1540. The van der Waals surface area contributed by atoms with Crippen LogP contribution < -0.4 is 10.2 Å². The summed E-state index contributed by atoms with van der Waals surface area (Å²) in [5.74, 6) is -0.245. The summed E-state index contributed by atoms with van der Waals surface area (Å²) in [5, 5.41) is 4.90. The molecule has 1 atom stereocenters. The van der Waals surface area contributed by atoms with Crippen molar-refractivity contribution in [3.63, 3.8) is 0 Å². The summed E-state index contributed by atoms with van der Waals surface area (Å²) in [5.41, 5.74) is 3.73. The number of nitrogens with one attached hydrogen (secondary N) is 2. The van der Waals surface area contributed by atoms with E-state index in [4.69, 9.17) is 4.98 Å². The first-order valence-electron chi connectivity index (χ1n) is 12.7. The van der Waals surface area contributed by atoms with Crippen LogP contribution in [0.15, 0.2) is 53.4 Å². The van der Waals surface area contributed by atoms with E-state index in [2.05, 4.69) is 18.3 Å². The van der Waals surface area contributed by atoms with Crippen LogP contribution in [0.4, 0.5) is 5.00 Å². The largest absolute Gasteiger partial charge is 0.330 e. The minimum atomic E-state index is -3.51. The number of thiazole rings is 1. The van der Waals surface area contributed by atoms with Gasteiger partial charge in [0.2, 0.25) is 10.0 Å². The molecule has 2 aliphatic rings. The van der Waals surface area contributed by atoms with Crippen molar-refractivity contribution in [1.82, 2.24) is 9.29 Å². The molecule has 2 aromatic carbocycles. The molecule has 0 spiro atoms. The van der Waals surface area contributed by atoms with Crippen LogP contribution in [0.1, 0.15) is 40.6 Å². The molecule has 0 bridgehead atoms. The number of quaternary nitrogens is 1. The second-order valence-electron chi connectivity index (χ2n) is 9.56. The second-order valence-corrected chi connectivity index (χ2v) is 13.6. The van der Waals surface area contributed by atoms with E-state index in [1.165, 1.54) is 19.6 Å². The summed E-state index contributed by atoms with van der Waals surface area (Å²) < 4.78 is 28.4. The molecule has 4 aromatic rings. The number of anilines is 1. The van der Waals surface area contributed by atoms with Crippen LogP contribution in [-0.2, 0) is 23.0 Å². The molecule has 2 aliphatic heterocycles. The lowest BCUT2D eigenvalue weighted by molar-refractivity contribution is -0.913. The van der Waals surface area contributed by atoms with Crippen LogP contribution in [0.2, 0.25) is 0 Å². The molecular formula is C27H29N4O3S3+. The summed E-state index contributed by atoms with van der Waals surface area (Å²) in [7, 11) is -3.51. The van der Waals surface area contributed by atoms with E-state index in [0.29, 0.717) is 18.7 Å². The normalized spacial score (nSPS) is 18.2. The van der Waals surface area contributed by atoms with Gasteiger partial charge in [0.15, 0.2) is 0 Å². The van der Waals surface area contributed by atoms with E-state index in [0.717, 1.165) is 64.7 Å². The molecule has 1 unspecified atom stereocenters. The Morgan fingerprint density at radius 3 is 2.57 bits per heavy atom. The Kier molecular flexibility index (Phi) is 6.62. The fourth-order valence-electron chi connectivity index (χ4n) is 5.16. The third-order valence-corrected chi connectivity index (χ3v) is 11.4. The number of hydrogen-bond acceptors (Lipinski definition) is 6. The van der Waals surface area contributed by atoms with Crippen LogP contribution in [-0.4, -0.2) is 49.8 Å². The van der Waals surface area contributed by atoms with Crippen LogP contribution in [0, 0.1) is 0 Å². The molecule has 1 amide bonds. The standard InChI is InChI=1S/C27H28N4O3S3/c1-2-30-16-13-20-23(17-30)36-27(24(20)26-28-21-7-3-4-8-22(21)35-26)29-25(32)18-9-11-19(12-10-18)37(33,34)31-14-5-6-15-31/h3-4,7-12H,2,5-6,13-17H2,1H3,(H,29,32)/p+1. The topological polar surface area (TPSA) is 83.8 Å². The van der Waals surface area contributed by atoms with Gasteiger partial charge in [0.25, 0.3) is 5.91 Å². The summed E-state index contributed by atoms with van der Waals surface area (Å²) in [6.07, 6.45) is 2.73. The zero-order chi connectivity index (χ0) is 25.6. The highest BCUT2D eigenvalue weighted by Crippen LogP contribution is 2.44. The van der Waals surface area contributed by atoms with Gasteiger partial charge in [0, 0.05) is 30.6 Å². The van der Waals surface area contributed by atoms with Crippen molar-refractivity contribution in [2.75, 3.05) is 31.5 Å². The van der Waals surface area contributed by atoms with Crippen molar-refractivity contribution >= 4 is 53.8 Å². The average molecular weight is 554 g/mol. The monoisotopic (exact) mass is 553 g/mol. The molecular weight excluding hydrogens is 525 g/mol. The first kappa shape index (κ1) is 24.7. The van der Waals surface area contributed by atoms with Crippen molar-refractivity contribution in [3.05, 3.63) is 64.5 Å². The predicted molar refractivity (Wildman–Crippen MR) is 149 cm³/mol. The molecule has 0 saturated carbocycles. The highest BCUT2D eigenvalue weighted by molar-refractivity contribution is 7.89. The quantitative estimate of drug-likeness (QED) is 0.378. The Hall–Kier alpha value is -2.63. The summed E-state index contributed by atoms with van der Waals surface area (Å²) in [6, 6.07) is 14.4. The highest BCUT2D eigenvalue weighted by Gasteiger charge is 2.30. The van der Waals surface area contributed by atoms with E-state index in [1.54, 1.807) is 46.9 Å². The van der Waals surface area contributed by atoms with Gasteiger partial charge in [0.05, 0.1) is 33.1 Å². The third kappa shape index (κ3) is 4.61. The molecule has 37 heavy (non-hydrogen) atoms. The molecule has 6 rings (SSSR count). The Morgan fingerprint density at radius 2 is 1.84 bits per heavy atom. The minimum absolute atomic E-state index is 0.232. The number of para-hydroxylation sites is 1. The molecule has 1 saturated heterocycles. The predicted octanol–water partition coefficient (Wildman–Crippen LogP) is 4.02. The zero-order valence-electron chi connectivity index (χ0n) is 20.6. The van der Waals surface area contributed by atoms with E-state index in [1.807, 2.05) is 18.2 Å². The molecule has 192 valence electrons. The first-order chi connectivity index (χ1) is 17.9. The van der Waals surface area contributed by atoms with Crippen LogP contribution >= 0.6 is 22.7 Å². The van der Waals surface area contributed by atoms with E-state index < -0.39 is 10.0 Å². The molecule has 0 aliphatic carbocycles. The molecule has 7 nitrogen and oxygen atoms in total. The first-order valence-corrected chi connectivity index (χ1v) is 15.8. The number of amides is 1. The number of likely N-dealkylation sites (N-methyl/N-ethyl adjacent to an activating group) is 1. The number of carbonyl (C=O) groups is 1. The number of carbonyl (C=O) groups excluding carboxylic acids is 1. The summed E-state index contributed by atoms with van der Waals surface area (Å²) in [4.78, 5) is 21.3. The molecule has 1 fully saturated rings. The number of aromatic nitrogens is 1. The smallest absolute Gasteiger partial charge is 0.256 e. The maximum atomic E-state index is 13.3. The maximum absolute atomic E-state index is 13.3. The van der Waals surface area contributed by atoms with Gasteiger partial charge in [-0.25, -0.2) is 13.4 Å². The third-order valence-electron chi connectivity index (χ3n) is 7.28. The molecule has 0 radical (unpaired) electrons. The number of hydrogen-bond donors (Lipinski definition) is 2. The van der Waals surface area contributed by atoms with Gasteiger partial charge in [-0.1, -0.05) is 12.1 Å². The fourth-order valence-corrected chi connectivity index (χ4v) is 9.10. The van der Waals surface area contributed by atoms with E-state index in [9.17, 15) is 13.2 Å². The lowest BCUT2D eigenvalue weighted by atomic mass is 10.0.